The molecular weight excluding hydrogens is 248 g/mol. The molecule has 0 fully saturated rings. The molecule has 88 valence electrons. The summed E-state index contributed by atoms with van der Waals surface area (Å²) in [6, 6.07) is 6.97. The summed E-state index contributed by atoms with van der Waals surface area (Å²) in [5.41, 5.74) is -0.296. The maximum absolute atomic E-state index is 11.6. The number of hydrogen-bond donors (Lipinski definition) is 0. The van der Waals surface area contributed by atoms with Gasteiger partial charge in [-0.15, -0.1) is 11.3 Å². The molecule has 0 aliphatic heterocycles. The van der Waals surface area contributed by atoms with Crippen LogP contribution in [0.15, 0.2) is 44.0 Å². The van der Waals surface area contributed by atoms with Gasteiger partial charge >= 0.3 is 0 Å². The Kier molecular flexibility index (Phi) is 2.28. The van der Waals surface area contributed by atoms with Crippen LogP contribution in [0.1, 0.15) is 5.56 Å². The van der Waals surface area contributed by atoms with Crippen LogP contribution in [0.5, 0.6) is 0 Å². The first-order chi connectivity index (χ1) is 8.58. The SMILES string of the molecule is Cc1csc(-c2ccc3c(=O)c(=O)c(=O)c3c2)c1. The lowest BCUT2D eigenvalue weighted by molar-refractivity contribution is 1.55. The molecular formula is C14H8O3S. The smallest absolute Gasteiger partial charge is 0.273 e. The van der Waals surface area contributed by atoms with Gasteiger partial charge in [-0.05, 0) is 41.6 Å². The van der Waals surface area contributed by atoms with E-state index in [4.69, 9.17) is 0 Å². The highest BCUT2D eigenvalue weighted by Gasteiger charge is 2.13. The zero-order valence-electron chi connectivity index (χ0n) is 9.52. The van der Waals surface area contributed by atoms with Crippen LogP contribution in [0.2, 0.25) is 0 Å². The van der Waals surface area contributed by atoms with Crippen molar-refractivity contribution < 1.29 is 0 Å². The maximum Gasteiger partial charge on any atom is 0.273 e. The summed E-state index contributed by atoms with van der Waals surface area (Å²) < 4.78 is 0. The normalized spacial score (nSPS) is 11.2. The second-order valence-corrected chi connectivity index (χ2v) is 5.15. The van der Waals surface area contributed by atoms with Gasteiger partial charge in [0.05, 0.1) is 0 Å². The molecule has 0 bridgehead atoms. The number of aryl methyl sites for hydroxylation is 1. The van der Waals surface area contributed by atoms with E-state index in [0.717, 1.165) is 16.0 Å². The van der Waals surface area contributed by atoms with Crippen molar-refractivity contribution in [3.05, 3.63) is 65.9 Å². The summed E-state index contributed by atoms with van der Waals surface area (Å²) in [4.78, 5) is 35.5. The number of benzene rings is 1. The molecule has 18 heavy (non-hydrogen) atoms. The molecule has 0 N–H and O–H groups in total. The lowest BCUT2D eigenvalue weighted by Gasteiger charge is -1.96. The molecule has 2 aromatic carbocycles. The van der Waals surface area contributed by atoms with E-state index in [1.165, 1.54) is 0 Å². The second kappa shape index (κ2) is 3.71. The van der Waals surface area contributed by atoms with Gasteiger partial charge in [0.2, 0.25) is 10.9 Å². The van der Waals surface area contributed by atoms with Crippen LogP contribution >= 0.6 is 11.3 Å². The van der Waals surface area contributed by atoms with Crippen molar-refractivity contribution in [3.8, 4) is 10.4 Å². The summed E-state index contributed by atoms with van der Waals surface area (Å²) in [5, 5.41) is 2.47. The van der Waals surface area contributed by atoms with Crippen LogP contribution in [0.25, 0.3) is 21.2 Å². The molecule has 0 amide bonds. The van der Waals surface area contributed by atoms with Crippen molar-refractivity contribution in [2.45, 2.75) is 6.92 Å². The van der Waals surface area contributed by atoms with Crippen molar-refractivity contribution >= 4 is 22.1 Å². The first kappa shape index (κ1) is 11.0. The molecule has 1 aromatic heterocycles. The predicted molar refractivity (Wildman–Crippen MR) is 73.2 cm³/mol. The summed E-state index contributed by atoms with van der Waals surface area (Å²) in [5.74, 6) is 0. The Hall–Kier alpha value is -2.07. The molecule has 0 aliphatic carbocycles. The largest absolute Gasteiger partial charge is 0.285 e. The number of hydrogen-bond acceptors (Lipinski definition) is 4. The van der Waals surface area contributed by atoms with Gasteiger partial charge < -0.3 is 0 Å². The minimum atomic E-state index is -0.926. The van der Waals surface area contributed by atoms with E-state index in [9.17, 15) is 14.4 Å². The zero-order valence-corrected chi connectivity index (χ0v) is 10.3. The van der Waals surface area contributed by atoms with E-state index in [1.807, 2.05) is 18.4 Å². The molecule has 4 heteroatoms. The van der Waals surface area contributed by atoms with E-state index >= 15 is 0 Å². The summed E-state index contributed by atoms with van der Waals surface area (Å²) in [6.07, 6.45) is 0. The fraction of sp³-hybridized carbons (Fsp3) is 0.0714. The van der Waals surface area contributed by atoms with Crippen LogP contribution in [0.4, 0.5) is 0 Å². The fourth-order valence-electron chi connectivity index (χ4n) is 2.01. The van der Waals surface area contributed by atoms with Gasteiger partial charge in [-0.3, -0.25) is 14.4 Å². The van der Waals surface area contributed by atoms with Crippen molar-refractivity contribution in [1.82, 2.24) is 0 Å². The lowest BCUT2D eigenvalue weighted by atomic mass is 10.1. The first-order valence-electron chi connectivity index (χ1n) is 5.41. The highest BCUT2D eigenvalue weighted by atomic mass is 32.1. The average molecular weight is 256 g/mol. The molecule has 3 nitrogen and oxygen atoms in total. The first-order valence-corrected chi connectivity index (χ1v) is 6.29. The third-order valence-electron chi connectivity index (χ3n) is 2.94. The van der Waals surface area contributed by atoms with Crippen molar-refractivity contribution in [2.24, 2.45) is 0 Å². The molecule has 0 saturated carbocycles. The van der Waals surface area contributed by atoms with Crippen LogP contribution in [0.3, 0.4) is 0 Å². The van der Waals surface area contributed by atoms with Gasteiger partial charge in [-0.1, -0.05) is 6.07 Å². The topological polar surface area (TPSA) is 51.2 Å². The molecule has 0 saturated heterocycles. The standard InChI is InChI=1S/C14H8O3S/c1-7-4-11(18-6-7)8-2-3-9-10(5-8)13(16)14(17)12(9)15/h2-6H,1H3. The number of thiophene rings is 1. The van der Waals surface area contributed by atoms with Crippen LogP contribution in [-0.2, 0) is 0 Å². The molecule has 3 rings (SSSR count). The lowest BCUT2D eigenvalue weighted by Crippen LogP contribution is -2.29. The van der Waals surface area contributed by atoms with Gasteiger partial charge in [0.1, 0.15) is 0 Å². The minimum Gasteiger partial charge on any atom is -0.285 e. The quantitative estimate of drug-likeness (QED) is 0.624. The third-order valence-corrected chi connectivity index (χ3v) is 4.03. The Labute approximate surface area is 106 Å². The van der Waals surface area contributed by atoms with Crippen LogP contribution < -0.4 is 16.3 Å². The van der Waals surface area contributed by atoms with E-state index in [-0.39, 0.29) is 10.8 Å². The van der Waals surface area contributed by atoms with E-state index < -0.39 is 16.3 Å². The van der Waals surface area contributed by atoms with Gasteiger partial charge in [0, 0.05) is 15.6 Å². The molecule has 1 heterocycles. The van der Waals surface area contributed by atoms with E-state index in [2.05, 4.69) is 0 Å². The Balaban J connectivity index is 2.36. The van der Waals surface area contributed by atoms with Crippen molar-refractivity contribution in [2.75, 3.05) is 0 Å². The van der Waals surface area contributed by atoms with Gasteiger partial charge in [-0.2, -0.15) is 0 Å². The molecule has 0 atom stereocenters. The van der Waals surface area contributed by atoms with Crippen LogP contribution in [0, 0.1) is 6.92 Å². The van der Waals surface area contributed by atoms with Crippen molar-refractivity contribution in [1.29, 1.82) is 0 Å². The number of fused-ring (bicyclic) bond motifs is 1. The monoisotopic (exact) mass is 256 g/mol. The zero-order chi connectivity index (χ0) is 12.9. The molecule has 0 aliphatic rings. The molecule has 0 spiro atoms. The fourth-order valence-corrected chi connectivity index (χ4v) is 2.91. The van der Waals surface area contributed by atoms with Crippen molar-refractivity contribution in [3.63, 3.8) is 0 Å². The highest BCUT2D eigenvalue weighted by Crippen LogP contribution is 2.28. The van der Waals surface area contributed by atoms with Gasteiger partial charge in [0.25, 0.3) is 5.43 Å². The minimum absolute atomic E-state index is 0.224. The Morgan fingerprint density at radius 2 is 1.61 bits per heavy atom. The van der Waals surface area contributed by atoms with Gasteiger partial charge in [-0.25, -0.2) is 0 Å². The average Bonchev–Trinajstić information content (AvgIpc) is 2.89. The Bertz CT molecular complexity index is 895. The van der Waals surface area contributed by atoms with E-state index in [0.29, 0.717) is 0 Å². The summed E-state index contributed by atoms with van der Waals surface area (Å²) in [6.45, 7) is 1.99. The summed E-state index contributed by atoms with van der Waals surface area (Å²) >= 11 is 1.57. The maximum atomic E-state index is 11.6. The summed E-state index contributed by atoms with van der Waals surface area (Å²) in [7, 11) is 0. The molecule has 0 unspecified atom stereocenters. The molecule has 3 aromatic rings. The highest BCUT2D eigenvalue weighted by molar-refractivity contribution is 7.13. The number of rotatable bonds is 1. The van der Waals surface area contributed by atoms with Crippen LogP contribution in [-0.4, -0.2) is 0 Å². The second-order valence-electron chi connectivity index (χ2n) is 4.24. The predicted octanol–water partition coefficient (Wildman–Crippen LogP) is 1.83. The van der Waals surface area contributed by atoms with E-state index in [1.54, 1.807) is 29.5 Å². The third kappa shape index (κ3) is 1.46. The van der Waals surface area contributed by atoms with Gasteiger partial charge in [0.15, 0.2) is 0 Å². The Morgan fingerprint density at radius 3 is 2.28 bits per heavy atom. The molecule has 0 radical (unpaired) electrons. The Morgan fingerprint density at radius 1 is 0.889 bits per heavy atom.